The maximum Gasteiger partial charge on any atom is 0.356 e. The van der Waals surface area contributed by atoms with E-state index in [1.807, 2.05) is 0 Å². The number of ether oxygens (including phenoxy) is 3. The van der Waals surface area contributed by atoms with Crippen LogP contribution in [0.1, 0.15) is 34.1 Å². The van der Waals surface area contributed by atoms with Crippen LogP contribution in [0.2, 0.25) is 0 Å². The summed E-state index contributed by atoms with van der Waals surface area (Å²) in [7, 11) is 4.30. The van der Waals surface area contributed by atoms with E-state index in [2.05, 4.69) is 11.8 Å². The van der Waals surface area contributed by atoms with E-state index in [0.717, 1.165) is 10.1 Å². The summed E-state index contributed by atoms with van der Waals surface area (Å²) in [6.45, 7) is 1.59. The Bertz CT molecular complexity index is 1320. The molecule has 8 nitrogen and oxygen atoms in total. The summed E-state index contributed by atoms with van der Waals surface area (Å²) >= 11 is 0. The van der Waals surface area contributed by atoms with Crippen LogP contribution in [0.4, 0.5) is 0 Å². The highest BCUT2D eigenvalue weighted by Gasteiger charge is 2.24. The van der Waals surface area contributed by atoms with Crippen LogP contribution in [0.15, 0.2) is 58.1 Å². The first kappa shape index (κ1) is 23.4. The molecule has 0 unspecified atom stereocenters. The van der Waals surface area contributed by atoms with Crippen molar-refractivity contribution in [3.63, 3.8) is 0 Å². The van der Waals surface area contributed by atoms with Gasteiger partial charge >= 0.3 is 11.7 Å². The van der Waals surface area contributed by atoms with Crippen molar-refractivity contribution in [3.05, 3.63) is 91.8 Å². The lowest BCUT2D eigenvalue weighted by Gasteiger charge is -2.16. The highest BCUT2D eigenvalue weighted by Crippen LogP contribution is 2.15. The minimum Gasteiger partial charge on any atom is -0.497 e. The number of esters is 1. The Morgan fingerprint density at radius 2 is 1.30 bits per heavy atom. The van der Waals surface area contributed by atoms with E-state index < -0.39 is 17.2 Å². The number of rotatable bonds is 7. The van der Waals surface area contributed by atoms with Gasteiger partial charge in [-0.05, 0) is 42.3 Å². The fourth-order valence-electron chi connectivity index (χ4n) is 3.36. The summed E-state index contributed by atoms with van der Waals surface area (Å²) in [5.74, 6) is 5.84. The van der Waals surface area contributed by atoms with Crippen molar-refractivity contribution < 1.29 is 19.0 Å². The first-order valence-electron chi connectivity index (χ1n) is 10.1. The molecule has 1 heterocycles. The molecular formula is C25H24N2O6. The van der Waals surface area contributed by atoms with E-state index in [4.69, 9.17) is 14.2 Å². The molecule has 0 fully saturated rings. The first-order valence-corrected chi connectivity index (χ1v) is 10.1. The number of aromatic nitrogens is 2. The number of carbonyl (C=O) groups is 1. The van der Waals surface area contributed by atoms with Crippen molar-refractivity contribution in [1.82, 2.24) is 9.13 Å². The fourth-order valence-corrected chi connectivity index (χ4v) is 3.36. The van der Waals surface area contributed by atoms with Crippen molar-refractivity contribution in [2.75, 3.05) is 21.3 Å². The van der Waals surface area contributed by atoms with Gasteiger partial charge in [0.25, 0.3) is 5.56 Å². The normalized spacial score (nSPS) is 10.2. The highest BCUT2D eigenvalue weighted by molar-refractivity contribution is 5.90. The van der Waals surface area contributed by atoms with E-state index >= 15 is 0 Å². The molecule has 0 aliphatic rings. The average molecular weight is 448 g/mol. The van der Waals surface area contributed by atoms with Crippen molar-refractivity contribution in [3.8, 4) is 23.3 Å². The second-order valence-corrected chi connectivity index (χ2v) is 7.05. The van der Waals surface area contributed by atoms with Gasteiger partial charge in [-0.3, -0.25) is 13.9 Å². The Morgan fingerprint density at radius 1 is 0.818 bits per heavy atom. The zero-order valence-corrected chi connectivity index (χ0v) is 18.9. The Kier molecular flexibility index (Phi) is 7.36. The summed E-state index contributed by atoms with van der Waals surface area (Å²) < 4.78 is 17.5. The van der Waals surface area contributed by atoms with Crippen LogP contribution in [0.5, 0.6) is 11.5 Å². The van der Waals surface area contributed by atoms with Gasteiger partial charge in [0.2, 0.25) is 0 Å². The summed E-state index contributed by atoms with van der Waals surface area (Å²) in [5.41, 5.74) is -0.125. The molecule has 0 spiro atoms. The molecule has 3 rings (SSSR count). The molecule has 1 aromatic heterocycles. The van der Waals surface area contributed by atoms with Crippen LogP contribution < -0.4 is 20.7 Å². The molecule has 3 aromatic rings. The largest absolute Gasteiger partial charge is 0.497 e. The van der Waals surface area contributed by atoms with Crippen LogP contribution in [-0.2, 0) is 17.8 Å². The predicted octanol–water partition coefficient (Wildman–Crippen LogP) is 2.28. The minimum absolute atomic E-state index is 0.00409. The van der Waals surface area contributed by atoms with Gasteiger partial charge in [-0.2, -0.15) is 0 Å². The predicted molar refractivity (Wildman–Crippen MR) is 123 cm³/mol. The third kappa shape index (κ3) is 4.99. The fraction of sp³-hybridized carbons (Fsp3) is 0.240. The minimum atomic E-state index is -0.813. The SMILES string of the molecule is CC#Cc1c(C(=O)OC)n(Cc2ccc(OC)cc2)c(=O)n(Cc2ccc(OC)cc2)c1=O. The maximum absolute atomic E-state index is 13.5. The molecule has 0 saturated heterocycles. The number of carbonyl (C=O) groups excluding carboxylic acids is 1. The number of hydrogen-bond acceptors (Lipinski definition) is 6. The molecule has 2 aromatic carbocycles. The Morgan fingerprint density at radius 3 is 1.73 bits per heavy atom. The molecule has 0 bridgehead atoms. The van der Waals surface area contributed by atoms with Gasteiger partial charge in [-0.15, -0.1) is 5.92 Å². The van der Waals surface area contributed by atoms with Gasteiger partial charge in [0.15, 0.2) is 5.69 Å². The molecule has 0 aliphatic carbocycles. The molecule has 8 heteroatoms. The van der Waals surface area contributed by atoms with Gasteiger partial charge in [-0.25, -0.2) is 9.59 Å². The summed E-state index contributed by atoms with van der Waals surface area (Å²) in [5, 5.41) is 0. The van der Waals surface area contributed by atoms with E-state index in [-0.39, 0.29) is 24.3 Å². The van der Waals surface area contributed by atoms with Crippen LogP contribution >= 0.6 is 0 Å². The summed E-state index contributed by atoms with van der Waals surface area (Å²) in [6.07, 6.45) is 0. The van der Waals surface area contributed by atoms with Crippen molar-refractivity contribution >= 4 is 5.97 Å². The lowest BCUT2D eigenvalue weighted by atomic mass is 10.1. The topological polar surface area (TPSA) is 88.8 Å². The second kappa shape index (κ2) is 10.4. The first-order chi connectivity index (χ1) is 15.9. The van der Waals surface area contributed by atoms with Crippen molar-refractivity contribution in [2.45, 2.75) is 20.0 Å². The maximum atomic E-state index is 13.5. The Hall–Kier alpha value is -4.25. The van der Waals surface area contributed by atoms with Gasteiger partial charge in [-0.1, -0.05) is 30.2 Å². The number of hydrogen-bond donors (Lipinski definition) is 0. The molecule has 0 radical (unpaired) electrons. The molecule has 0 N–H and O–H groups in total. The molecule has 0 saturated carbocycles. The van der Waals surface area contributed by atoms with Gasteiger partial charge in [0, 0.05) is 0 Å². The number of benzene rings is 2. The third-order valence-electron chi connectivity index (χ3n) is 5.06. The van der Waals surface area contributed by atoms with Crippen LogP contribution in [0, 0.1) is 11.8 Å². The molecule has 170 valence electrons. The molecule has 0 amide bonds. The Balaban J connectivity index is 2.22. The quantitative estimate of drug-likeness (QED) is 0.407. The summed E-state index contributed by atoms with van der Waals surface area (Å²) in [6, 6.07) is 14.1. The standard InChI is InChI=1S/C25H24N2O6/c1-5-6-21-22(24(29)33-4)26(15-17-7-11-19(31-2)12-8-17)25(30)27(23(21)28)16-18-9-13-20(32-3)14-10-18/h7-14H,15-16H2,1-4H3. The molecule has 33 heavy (non-hydrogen) atoms. The second-order valence-electron chi connectivity index (χ2n) is 7.05. The van der Waals surface area contributed by atoms with Crippen molar-refractivity contribution in [2.24, 2.45) is 0 Å². The van der Waals surface area contributed by atoms with E-state index in [1.165, 1.54) is 11.7 Å². The molecule has 0 atom stereocenters. The number of methoxy groups -OCH3 is 3. The third-order valence-corrected chi connectivity index (χ3v) is 5.06. The van der Waals surface area contributed by atoms with E-state index in [1.54, 1.807) is 69.7 Å². The van der Waals surface area contributed by atoms with Crippen LogP contribution in [0.25, 0.3) is 0 Å². The van der Waals surface area contributed by atoms with Gasteiger partial charge < -0.3 is 14.2 Å². The van der Waals surface area contributed by atoms with Gasteiger partial charge in [0.1, 0.15) is 17.1 Å². The lowest BCUT2D eigenvalue weighted by Crippen LogP contribution is -2.44. The monoisotopic (exact) mass is 448 g/mol. The zero-order valence-electron chi connectivity index (χ0n) is 18.9. The molecule has 0 aliphatic heterocycles. The van der Waals surface area contributed by atoms with Crippen LogP contribution in [0.3, 0.4) is 0 Å². The highest BCUT2D eigenvalue weighted by atomic mass is 16.5. The smallest absolute Gasteiger partial charge is 0.356 e. The molecular weight excluding hydrogens is 424 g/mol. The zero-order chi connectivity index (χ0) is 24.0. The van der Waals surface area contributed by atoms with Crippen molar-refractivity contribution in [1.29, 1.82) is 0 Å². The average Bonchev–Trinajstić information content (AvgIpc) is 2.85. The van der Waals surface area contributed by atoms with E-state index in [0.29, 0.717) is 17.1 Å². The van der Waals surface area contributed by atoms with Gasteiger partial charge in [0.05, 0.1) is 34.4 Å². The lowest BCUT2D eigenvalue weighted by molar-refractivity contribution is 0.0585. The van der Waals surface area contributed by atoms with E-state index in [9.17, 15) is 14.4 Å². The summed E-state index contributed by atoms with van der Waals surface area (Å²) in [4.78, 5) is 39.3. The Labute approximate surface area is 191 Å². The van der Waals surface area contributed by atoms with Crippen LogP contribution in [-0.4, -0.2) is 36.4 Å². The number of nitrogens with zero attached hydrogens (tertiary/aromatic N) is 2.